The first-order valence-corrected chi connectivity index (χ1v) is 10.5. The molecular weight excluding hydrogens is 265 g/mol. The molecule has 2 heterocycles. The minimum atomic E-state index is -1.67. The van der Waals surface area contributed by atoms with E-state index in [2.05, 4.69) is 54.9 Å². The predicted octanol–water partition coefficient (Wildman–Crippen LogP) is 0.0288. The third-order valence-corrected chi connectivity index (χ3v) is 7.09. The Morgan fingerprint density at radius 2 is 1.80 bits per heavy atom. The Bertz CT molecular complexity index is 528. The fourth-order valence-corrected chi connectivity index (χ4v) is 4.92. The lowest BCUT2D eigenvalue weighted by Gasteiger charge is -2.28. The molecule has 0 bridgehead atoms. The highest BCUT2D eigenvalue weighted by molar-refractivity contribution is 6.96. The molecule has 0 aliphatic carbocycles. The number of rotatable bonds is 2. The Balaban J connectivity index is 1.73. The van der Waals surface area contributed by atoms with Crippen LogP contribution in [0.3, 0.4) is 0 Å². The zero-order chi connectivity index (χ0) is 14.1. The number of benzene rings is 1. The molecule has 0 radical (unpaired) electrons. The standard InChI is InChI=1S/C15H22BNO2Si/c1-20(2,15-7-4-3-5-8-15)14-6-9-16-17(10-12-18-16)11-13-19-16/h3-5,7-8,17H,9-13H2,1-2H3. The maximum atomic E-state index is 5.90. The summed E-state index contributed by atoms with van der Waals surface area (Å²) in [6.07, 6.45) is 0.749. The van der Waals surface area contributed by atoms with Crippen LogP contribution in [0.2, 0.25) is 19.4 Å². The number of hydrogen-bond acceptors (Lipinski definition) is 2. The van der Waals surface area contributed by atoms with Crippen molar-refractivity contribution in [2.45, 2.75) is 19.4 Å². The largest absolute Gasteiger partial charge is 0.509 e. The van der Waals surface area contributed by atoms with Crippen LogP contribution in [0.1, 0.15) is 0 Å². The normalized spacial score (nSPS) is 28.8. The van der Waals surface area contributed by atoms with Crippen LogP contribution >= 0.6 is 0 Å². The van der Waals surface area contributed by atoms with E-state index in [0.717, 1.165) is 32.6 Å². The molecular formula is C15H22BNO2Si. The summed E-state index contributed by atoms with van der Waals surface area (Å²) in [5, 5.41) is 1.39. The smallest absolute Gasteiger partial charge is 0.482 e. The monoisotopic (exact) mass is 287 g/mol. The summed E-state index contributed by atoms with van der Waals surface area (Å²) in [5.41, 5.74) is 3.54. The molecule has 0 spiro atoms. The van der Waals surface area contributed by atoms with Gasteiger partial charge in [0.15, 0.2) is 8.07 Å². The number of hydrogen-bond donors (Lipinski definition) is 1. The number of nitrogens with one attached hydrogen (secondary N) is 1. The van der Waals surface area contributed by atoms with Crippen molar-refractivity contribution in [3.8, 4) is 11.5 Å². The predicted molar refractivity (Wildman–Crippen MR) is 84.5 cm³/mol. The van der Waals surface area contributed by atoms with E-state index in [1.165, 1.54) is 10.00 Å². The van der Waals surface area contributed by atoms with E-state index >= 15 is 0 Å². The van der Waals surface area contributed by atoms with Gasteiger partial charge in [0, 0.05) is 6.32 Å². The van der Waals surface area contributed by atoms with Gasteiger partial charge < -0.3 is 14.1 Å². The van der Waals surface area contributed by atoms with Crippen LogP contribution in [-0.2, 0) is 9.31 Å². The van der Waals surface area contributed by atoms with Gasteiger partial charge in [-0.3, -0.25) is 0 Å². The lowest BCUT2D eigenvalue weighted by atomic mass is 9.68. The highest BCUT2D eigenvalue weighted by Gasteiger charge is 2.48. The van der Waals surface area contributed by atoms with E-state index in [1.54, 1.807) is 0 Å². The molecule has 1 N–H and O–H groups in total. The molecule has 1 aromatic carbocycles. The second-order valence-electron chi connectivity index (χ2n) is 6.27. The lowest BCUT2D eigenvalue weighted by molar-refractivity contribution is -0.783. The minimum Gasteiger partial charge on any atom is -0.509 e. The SMILES string of the molecule is C[Si](C)(C#CC[B-]12OCC[NH+]1CCO2)c1ccccc1. The Kier molecular flexibility index (Phi) is 3.74. The third kappa shape index (κ3) is 2.57. The van der Waals surface area contributed by atoms with E-state index in [9.17, 15) is 0 Å². The van der Waals surface area contributed by atoms with Gasteiger partial charge in [0.25, 0.3) is 0 Å². The molecule has 106 valence electrons. The molecule has 2 fully saturated rings. The van der Waals surface area contributed by atoms with Crippen LogP contribution in [-0.4, -0.2) is 41.1 Å². The van der Waals surface area contributed by atoms with Crippen molar-refractivity contribution in [3.05, 3.63) is 30.3 Å². The minimum absolute atomic E-state index is 0.749. The average Bonchev–Trinajstić information content (AvgIpc) is 2.99. The van der Waals surface area contributed by atoms with Crippen LogP contribution in [0.4, 0.5) is 0 Å². The second-order valence-corrected chi connectivity index (χ2v) is 10.3. The van der Waals surface area contributed by atoms with Crippen molar-refractivity contribution in [2.24, 2.45) is 0 Å². The molecule has 0 amide bonds. The Hall–Kier alpha value is -1.06. The Labute approximate surface area is 122 Å². The molecule has 2 aliphatic rings. The number of quaternary nitrogens is 1. The fraction of sp³-hybridized carbons (Fsp3) is 0.467. The third-order valence-electron chi connectivity index (χ3n) is 4.51. The first-order chi connectivity index (χ1) is 9.62. The van der Waals surface area contributed by atoms with Gasteiger partial charge in [0.1, 0.15) is 0 Å². The first kappa shape index (κ1) is 13.9. The van der Waals surface area contributed by atoms with Gasteiger partial charge >= 0.3 is 6.69 Å². The summed E-state index contributed by atoms with van der Waals surface area (Å²) in [6, 6.07) is 10.6. The molecule has 3 nitrogen and oxygen atoms in total. The summed E-state index contributed by atoms with van der Waals surface area (Å²) in [5.74, 6) is 3.40. The van der Waals surface area contributed by atoms with Crippen molar-refractivity contribution in [1.29, 1.82) is 0 Å². The van der Waals surface area contributed by atoms with Gasteiger partial charge in [-0.25, -0.2) is 0 Å². The molecule has 0 atom stereocenters. The zero-order valence-corrected chi connectivity index (χ0v) is 13.3. The highest BCUT2D eigenvalue weighted by Crippen LogP contribution is 2.13. The van der Waals surface area contributed by atoms with Gasteiger partial charge in [0.05, 0.1) is 26.3 Å². The van der Waals surface area contributed by atoms with Gasteiger partial charge in [-0.1, -0.05) is 43.4 Å². The zero-order valence-electron chi connectivity index (χ0n) is 12.3. The summed E-state index contributed by atoms with van der Waals surface area (Å²) in [4.78, 5) is 1.47. The molecule has 1 aromatic rings. The van der Waals surface area contributed by atoms with E-state index in [4.69, 9.17) is 9.31 Å². The van der Waals surface area contributed by atoms with Crippen molar-refractivity contribution >= 4 is 19.9 Å². The maximum Gasteiger partial charge on any atom is 0.482 e. The van der Waals surface area contributed by atoms with Crippen molar-refractivity contribution < 1.29 is 14.1 Å². The second kappa shape index (κ2) is 5.38. The van der Waals surface area contributed by atoms with Crippen LogP contribution < -0.4 is 10.00 Å². The van der Waals surface area contributed by atoms with Gasteiger partial charge in [0.2, 0.25) is 0 Å². The van der Waals surface area contributed by atoms with Crippen LogP contribution in [0.25, 0.3) is 0 Å². The first-order valence-electron chi connectivity index (χ1n) is 7.47. The molecule has 2 aliphatic heterocycles. The Morgan fingerprint density at radius 3 is 2.45 bits per heavy atom. The summed E-state index contributed by atoms with van der Waals surface area (Å²) in [6.45, 7) is 7.21. The summed E-state index contributed by atoms with van der Waals surface area (Å²) >= 11 is 0. The number of fused-ring (bicyclic) bond motifs is 1. The van der Waals surface area contributed by atoms with Crippen LogP contribution in [0.15, 0.2) is 30.3 Å². The molecule has 0 saturated carbocycles. The molecule has 0 unspecified atom stereocenters. The highest BCUT2D eigenvalue weighted by atomic mass is 28.3. The fourth-order valence-electron chi connectivity index (χ4n) is 3.20. The summed E-state index contributed by atoms with van der Waals surface area (Å²) < 4.78 is 11.8. The van der Waals surface area contributed by atoms with Crippen molar-refractivity contribution in [3.63, 3.8) is 0 Å². The molecule has 0 aromatic heterocycles. The molecule has 20 heavy (non-hydrogen) atoms. The maximum absolute atomic E-state index is 5.90. The lowest BCUT2D eigenvalue weighted by Crippen LogP contribution is -3.19. The van der Waals surface area contributed by atoms with E-state index in [1.807, 2.05) is 0 Å². The topological polar surface area (TPSA) is 22.9 Å². The quantitative estimate of drug-likeness (QED) is 0.612. The molecule has 3 rings (SSSR count). The van der Waals surface area contributed by atoms with Crippen LogP contribution in [0.5, 0.6) is 0 Å². The van der Waals surface area contributed by atoms with E-state index < -0.39 is 14.8 Å². The average molecular weight is 287 g/mol. The van der Waals surface area contributed by atoms with Gasteiger partial charge in [-0.15, -0.1) is 11.5 Å². The van der Waals surface area contributed by atoms with Crippen LogP contribution in [0, 0.1) is 11.5 Å². The summed E-state index contributed by atoms with van der Waals surface area (Å²) in [7, 11) is -1.67. The molecule has 5 heteroatoms. The van der Waals surface area contributed by atoms with Gasteiger partial charge in [-0.05, 0) is 5.19 Å². The van der Waals surface area contributed by atoms with E-state index in [-0.39, 0.29) is 0 Å². The van der Waals surface area contributed by atoms with E-state index in [0.29, 0.717) is 0 Å². The molecule has 2 saturated heterocycles. The van der Waals surface area contributed by atoms with Crippen molar-refractivity contribution in [2.75, 3.05) is 26.3 Å². The van der Waals surface area contributed by atoms with Crippen molar-refractivity contribution in [1.82, 2.24) is 0 Å². The van der Waals surface area contributed by atoms with Gasteiger partial charge in [-0.2, -0.15) is 0 Å². The Morgan fingerprint density at radius 1 is 1.15 bits per heavy atom.